The molecule has 2 amide bonds. The molecule has 41 heavy (non-hydrogen) atoms. The average Bonchev–Trinajstić information content (AvgIpc) is 3.49. The van der Waals surface area contributed by atoms with E-state index in [1.165, 1.54) is 17.0 Å². The maximum absolute atomic E-state index is 12.5. The largest absolute Gasteiger partial charge is 0.549 e. The van der Waals surface area contributed by atoms with E-state index in [1.807, 2.05) is 30.3 Å². The van der Waals surface area contributed by atoms with Crippen LogP contribution in [-0.2, 0) is 26.0 Å². The van der Waals surface area contributed by atoms with E-state index < -0.39 is 29.3 Å². The third-order valence-electron chi connectivity index (χ3n) is 6.56. The summed E-state index contributed by atoms with van der Waals surface area (Å²) in [6.45, 7) is 0.861. The Morgan fingerprint density at radius 2 is 1.71 bits per heavy atom. The lowest BCUT2D eigenvalue weighted by molar-refractivity contribution is -0.125. The van der Waals surface area contributed by atoms with Crippen molar-refractivity contribution in [3.8, 4) is 0 Å². The van der Waals surface area contributed by atoms with Gasteiger partial charge in [0.25, 0.3) is 10.1 Å². The molecular weight excluding hydrogens is 549 g/mol. The van der Waals surface area contributed by atoms with Crippen molar-refractivity contribution in [2.45, 2.75) is 55.8 Å². The number of rotatable bonds is 12. The molecule has 7 N–H and O–H groups in total. The maximum Gasteiger partial charge on any atom is 0.549 e. The lowest BCUT2D eigenvalue weighted by Crippen LogP contribution is -2.51. The first kappa shape index (κ1) is 33.6. The highest BCUT2D eigenvalue weighted by atomic mass is 32.2. The van der Waals surface area contributed by atoms with Crippen LogP contribution < -0.4 is 16.4 Å². The van der Waals surface area contributed by atoms with Gasteiger partial charge in [-0.3, -0.25) is 14.8 Å². The number of nitrogens with zero attached hydrogens (tertiary/aromatic N) is 1. The van der Waals surface area contributed by atoms with Crippen LogP contribution in [0.25, 0.3) is 0 Å². The number of hydrogen-bond acceptors (Lipinski definition) is 7. The van der Waals surface area contributed by atoms with Gasteiger partial charge in [-0.1, -0.05) is 61.4 Å². The lowest BCUT2D eigenvalue weighted by atomic mass is 9.75. The molecule has 2 aromatic carbocycles. The molecule has 1 saturated carbocycles. The normalized spacial score (nSPS) is 13.7. The van der Waals surface area contributed by atoms with Crippen LogP contribution in [0.5, 0.6) is 0 Å². The number of carbonyl (C=O) groups is 2. The number of guanidine groups is 1. The van der Waals surface area contributed by atoms with Gasteiger partial charge in [-0.25, -0.2) is 4.79 Å². The van der Waals surface area contributed by atoms with E-state index in [1.54, 1.807) is 25.2 Å². The summed E-state index contributed by atoms with van der Waals surface area (Å²) in [5.74, 6) is -1.05. The molecule has 1 aliphatic carbocycles. The zero-order valence-corrected chi connectivity index (χ0v) is 24.1. The molecule has 1 aliphatic rings. The van der Waals surface area contributed by atoms with Gasteiger partial charge in [-0.2, -0.15) is 8.42 Å². The van der Waals surface area contributed by atoms with Crippen molar-refractivity contribution in [2.24, 2.45) is 11.7 Å². The van der Waals surface area contributed by atoms with E-state index in [2.05, 4.69) is 10.6 Å². The van der Waals surface area contributed by atoms with Gasteiger partial charge in [0.15, 0.2) is 5.96 Å². The first-order valence-corrected chi connectivity index (χ1v) is 15.0. The summed E-state index contributed by atoms with van der Waals surface area (Å²) in [6, 6.07) is 17.2. The summed E-state index contributed by atoms with van der Waals surface area (Å²) in [7, 11) is -3.85. The highest BCUT2D eigenvalue weighted by Crippen LogP contribution is 2.25. The van der Waals surface area contributed by atoms with Gasteiger partial charge in [0.2, 0.25) is 5.91 Å². The molecule has 1 atom stereocenters. The van der Waals surface area contributed by atoms with Crippen LogP contribution >= 0.6 is 0 Å². The molecule has 14 heteroatoms. The van der Waals surface area contributed by atoms with Gasteiger partial charge in [-0.15, -0.1) is 0 Å². The fourth-order valence-electron chi connectivity index (χ4n) is 4.22. The number of nitrogens with one attached hydrogen (secondary N) is 3. The van der Waals surface area contributed by atoms with Gasteiger partial charge < -0.3 is 30.9 Å². The van der Waals surface area contributed by atoms with Crippen molar-refractivity contribution in [1.82, 2.24) is 15.5 Å². The van der Waals surface area contributed by atoms with E-state index in [4.69, 9.17) is 20.4 Å². The average molecular weight is 590 g/mol. The third-order valence-corrected chi connectivity index (χ3v) is 7.43. The van der Waals surface area contributed by atoms with E-state index in [9.17, 15) is 23.0 Å². The number of likely N-dealkylation sites (N-methyl/N-ethyl adjacent to an activating group) is 1. The highest BCUT2D eigenvalue weighted by Gasteiger charge is 2.35. The monoisotopic (exact) mass is 589 g/mol. The molecule has 3 rings (SSSR count). The number of nitrogens with two attached hydrogens (primary N) is 1. The Morgan fingerprint density at radius 1 is 1.12 bits per heavy atom. The minimum atomic E-state index is -4.00. The molecule has 0 heterocycles. The first-order valence-electron chi connectivity index (χ1n) is 13.5. The lowest BCUT2D eigenvalue weighted by Gasteiger charge is -2.24. The molecular formula is C27H40BN5O7S. The third kappa shape index (κ3) is 13.1. The van der Waals surface area contributed by atoms with Crippen LogP contribution in [0.1, 0.15) is 44.1 Å². The summed E-state index contributed by atoms with van der Waals surface area (Å²) in [5.41, 5.74) is 6.38. The molecule has 1 unspecified atom stereocenters. The summed E-state index contributed by atoms with van der Waals surface area (Å²) in [5, 5.41) is 23.3. The first-order chi connectivity index (χ1) is 19.5. The molecule has 1 fully saturated rings. The molecule has 0 spiro atoms. The number of benzene rings is 2. The summed E-state index contributed by atoms with van der Waals surface area (Å²) < 4.78 is 34.5. The van der Waals surface area contributed by atoms with E-state index in [0.717, 1.165) is 31.2 Å². The van der Waals surface area contributed by atoms with Crippen molar-refractivity contribution in [3.05, 3.63) is 66.2 Å². The Labute approximate surface area is 242 Å². The number of hydrogen-bond donors (Lipinski definition) is 6. The molecule has 0 aromatic heterocycles. The molecule has 2 aromatic rings. The van der Waals surface area contributed by atoms with Crippen molar-refractivity contribution in [3.63, 3.8) is 0 Å². The number of amides is 2. The second kappa shape index (κ2) is 17.3. The van der Waals surface area contributed by atoms with Gasteiger partial charge in [-0.05, 0) is 49.8 Å². The SMILES string of the molecule is CN(CCc1ccccc1)C(=O)OB(O)C(CCCNC(=N)N)NC(=O)C1CCCC1.O=S(=O)(O)c1ccccc1. The Bertz CT molecular complexity index is 1200. The topological polar surface area (TPSA) is 195 Å². The standard InChI is InChI=1S/C21H34BN5O4.C6H6O3S/c1-27(15-13-16-8-3-2-4-9-16)21(29)31-22(30)18(12-7-14-25-20(23)24)26-19(28)17-10-5-6-11-17;7-10(8,9)6-4-2-1-3-5-6/h2-4,8-9,17-18,30H,5-7,10-15H2,1H3,(H,26,28)(H4,23,24,25);1-5H,(H,7,8,9). The van der Waals surface area contributed by atoms with E-state index in [0.29, 0.717) is 32.4 Å². The molecule has 0 aliphatic heterocycles. The zero-order chi connectivity index (χ0) is 30.3. The van der Waals surface area contributed by atoms with Gasteiger partial charge in [0, 0.05) is 26.1 Å². The fraction of sp³-hybridized carbons (Fsp3) is 0.444. The van der Waals surface area contributed by atoms with Crippen molar-refractivity contribution in [1.29, 1.82) is 5.41 Å². The molecule has 0 radical (unpaired) electrons. The predicted molar refractivity (Wildman–Crippen MR) is 157 cm³/mol. The smallest absolute Gasteiger partial charge is 0.491 e. The molecule has 0 bridgehead atoms. The Hall–Kier alpha value is -3.62. The maximum atomic E-state index is 12.5. The molecule has 224 valence electrons. The van der Waals surface area contributed by atoms with Crippen LogP contribution in [0.2, 0.25) is 0 Å². The van der Waals surface area contributed by atoms with Gasteiger partial charge in [0.05, 0.1) is 10.8 Å². The van der Waals surface area contributed by atoms with Crippen molar-refractivity contribution in [2.75, 3.05) is 20.1 Å². The minimum absolute atomic E-state index is 0.0608. The second-order valence-electron chi connectivity index (χ2n) is 9.80. The van der Waals surface area contributed by atoms with Crippen LogP contribution in [-0.4, -0.2) is 74.1 Å². The van der Waals surface area contributed by atoms with E-state index in [-0.39, 0.29) is 22.7 Å². The number of carbonyl (C=O) groups excluding carboxylic acids is 2. The highest BCUT2D eigenvalue weighted by molar-refractivity contribution is 7.85. The summed E-state index contributed by atoms with van der Waals surface area (Å²) >= 11 is 0. The van der Waals surface area contributed by atoms with Crippen LogP contribution in [0.4, 0.5) is 4.79 Å². The van der Waals surface area contributed by atoms with Crippen molar-refractivity contribution < 1.29 is 32.2 Å². The van der Waals surface area contributed by atoms with Gasteiger partial charge in [0.1, 0.15) is 0 Å². The second-order valence-corrected chi connectivity index (χ2v) is 11.2. The zero-order valence-electron chi connectivity index (χ0n) is 23.2. The van der Waals surface area contributed by atoms with E-state index >= 15 is 0 Å². The van der Waals surface area contributed by atoms with Crippen LogP contribution in [0.3, 0.4) is 0 Å². The van der Waals surface area contributed by atoms with Crippen LogP contribution in [0, 0.1) is 11.3 Å². The molecule has 12 nitrogen and oxygen atoms in total. The van der Waals surface area contributed by atoms with Crippen molar-refractivity contribution >= 4 is 35.2 Å². The quantitative estimate of drug-likeness (QED) is 0.0707. The fourth-order valence-corrected chi connectivity index (χ4v) is 4.72. The molecule has 0 saturated heterocycles. The van der Waals surface area contributed by atoms with Gasteiger partial charge >= 0.3 is 13.2 Å². The summed E-state index contributed by atoms with van der Waals surface area (Å²) in [4.78, 5) is 26.3. The van der Waals surface area contributed by atoms with Crippen LogP contribution in [0.15, 0.2) is 65.6 Å². The Balaban J connectivity index is 0.000000493. The minimum Gasteiger partial charge on any atom is -0.491 e. The Morgan fingerprint density at radius 3 is 2.24 bits per heavy atom. The predicted octanol–water partition coefficient (Wildman–Crippen LogP) is 2.19. The summed E-state index contributed by atoms with van der Waals surface area (Å²) in [6.07, 6.45) is 4.65. The Kier molecular flexibility index (Phi) is 14.1.